The van der Waals surface area contributed by atoms with Crippen molar-refractivity contribution in [3.63, 3.8) is 0 Å². The first-order chi connectivity index (χ1) is 12.2. The van der Waals surface area contributed by atoms with Gasteiger partial charge in [0.05, 0.1) is 6.54 Å². The second kappa shape index (κ2) is 6.24. The molecular weight excluding hydrogens is 314 g/mol. The predicted molar refractivity (Wildman–Crippen MR) is 99.3 cm³/mol. The molecule has 4 aromatic rings. The zero-order chi connectivity index (χ0) is 17.2. The van der Waals surface area contributed by atoms with Crippen LogP contribution in [-0.4, -0.2) is 12.3 Å². The Morgan fingerprint density at radius 2 is 1.64 bits per heavy atom. The fraction of sp³-hybridized carbons (Fsp3) is 0.0476. The quantitative estimate of drug-likeness (QED) is 0.346. The zero-order valence-electron chi connectivity index (χ0n) is 13.4. The molecule has 0 aliphatic rings. The van der Waals surface area contributed by atoms with E-state index in [9.17, 15) is 9.59 Å². The van der Waals surface area contributed by atoms with Crippen LogP contribution in [0, 0.1) is 0 Å². The van der Waals surface area contributed by atoms with Crippen LogP contribution in [0.1, 0.15) is 10.4 Å². The Morgan fingerprint density at radius 3 is 2.48 bits per heavy atom. The van der Waals surface area contributed by atoms with Gasteiger partial charge in [-0.15, -0.1) is 0 Å². The average Bonchev–Trinajstić information content (AvgIpc) is 2.66. The number of nitrogens with one attached hydrogen (secondary N) is 1. The van der Waals surface area contributed by atoms with Crippen LogP contribution in [0.3, 0.4) is 0 Å². The van der Waals surface area contributed by atoms with Crippen LogP contribution in [0.15, 0.2) is 82.0 Å². The first-order valence-electron chi connectivity index (χ1n) is 8.00. The Hall–Kier alpha value is -3.40. The van der Waals surface area contributed by atoms with Crippen LogP contribution in [0.25, 0.3) is 21.7 Å². The highest BCUT2D eigenvalue weighted by atomic mass is 16.4. The first kappa shape index (κ1) is 15.1. The molecule has 4 heteroatoms. The summed E-state index contributed by atoms with van der Waals surface area (Å²) in [6, 6.07) is 22.5. The summed E-state index contributed by atoms with van der Waals surface area (Å²) in [7, 11) is 0. The molecule has 0 unspecified atom stereocenters. The summed E-state index contributed by atoms with van der Waals surface area (Å²) in [6.45, 7) is 0.0328. The summed E-state index contributed by atoms with van der Waals surface area (Å²) in [6.07, 6.45) is 0. The molecule has 0 fully saturated rings. The van der Waals surface area contributed by atoms with E-state index in [1.54, 1.807) is 12.1 Å². The molecule has 0 amide bonds. The third-order valence-corrected chi connectivity index (χ3v) is 4.17. The number of carbonyl (C=O) groups excluding carboxylic acids is 1. The molecule has 0 radical (unpaired) electrons. The molecule has 122 valence electrons. The molecule has 0 spiro atoms. The average molecular weight is 329 g/mol. The van der Waals surface area contributed by atoms with E-state index in [0.717, 1.165) is 21.8 Å². The van der Waals surface area contributed by atoms with E-state index in [2.05, 4.69) is 5.32 Å². The van der Waals surface area contributed by atoms with Crippen LogP contribution < -0.4 is 10.9 Å². The number of hydrogen-bond acceptors (Lipinski definition) is 4. The predicted octanol–water partition coefficient (Wildman–Crippen LogP) is 4.24. The zero-order valence-corrected chi connectivity index (χ0v) is 13.4. The second-order valence-electron chi connectivity index (χ2n) is 5.79. The molecule has 0 bridgehead atoms. The van der Waals surface area contributed by atoms with Gasteiger partial charge in [0.2, 0.25) is 0 Å². The Balaban J connectivity index is 1.73. The second-order valence-corrected chi connectivity index (χ2v) is 5.79. The lowest BCUT2D eigenvalue weighted by atomic mass is 10.0. The van der Waals surface area contributed by atoms with Crippen LogP contribution >= 0.6 is 0 Å². The Kier molecular flexibility index (Phi) is 3.78. The van der Waals surface area contributed by atoms with Gasteiger partial charge in [0.15, 0.2) is 5.78 Å². The van der Waals surface area contributed by atoms with Gasteiger partial charge in [0.25, 0.3) is 0 Å². The van der Waals surface area contributed by atoms with Crippen molar-refractivity contribution >= 4 is 33.2 Å². The highest BCUT2D eigenvalue weighted by Gasteiger charge is 2.14. The Bertz CT molecular complexity index is 1130. The minimum atomic E-state index is -0.609. The number of benzene rings is 3. The van der Waals surface area contributed by atoms with Crippen molar-refractivity contribution in [1.82, 2.24) is 0 Å². The summed E-state index contributed by atoms with van der Waals surface area (Å²) in [4.78, 5) is 24.7. The van der Waals surface area contributed by atoms with Crippen molar-refractivity contribution in [2.75, 3.05) is 11.9 Å². The molecular formula is C21H15NO3. The van der Waals surface area contributed by atoms with E-state index < -0.39 is 5.63 Å². The van der Waals surface area contributed by atoms with Gasteiger partial charge in [-0.1, -0.05) is 48.5 Å². The molecule has 0 saturated carbocycles. The summed E-state index contributed by atoms with van der Waals surface area (Å²) >= 11 is 0. The van der Waals surface area contributed by atoms with Crippen molar-refractivity contribution in [1.29, 1.82) is 0 Å². The van der Waals surface area contributed by atoms with Gasteiger partial charge in [-0.2, -0.15) is 0 Å². The van der Waals surface area contributed by atoms with Crippen LogP contribution in [0.2, 0.25) is 0 Å². The largest absolute Gasteiger partial charge is 0.422 e. The molecule has 0 atom stereocenters. The molecule has 1 N–H and O–H groups in total. The van der Waals surface area contributed by atoms with E-state index >= 15 is 0 Å². The van der Waals surface area contributed by atoms with E-state index in [0.29, 0.717) is 5.58 Å². The molecule has 3 aromatic carbocycles. The van der Waals surface area contributed by atoms with Gasteiger partial charge in [0.1, 0.15) is 11.1 Å². The highest BCUT2D eigenvalue weighted by Crippen LogP contribution is 2.25. The lowest BCUT2D eigenvalue weighted by Gasteiger charge is -2.07. The van der Waals surface area contributed by atoms with Crippen molar-refractivity contribution in [3.8, 4) is 0 Å². The van der Waals surface area contributed by atoms with E-state index in [1.165, 1.54) is 0 Å². The number of carbonyl (C=O) groups is 1. The van der Waals surface area contributed by atoms with E-state index in [-0.39, 0.29) is 17.9 Å². The van der Waals surface area contributed by atoms with Gasteiger partial charge in [0, 0.05) is 11.1 Å². The molecule has 0 aliphatic heterocycles. The molecule has 1 aromatic heterocycles. The molecule has 4 nitrogen and oxygen atoms in total. The Morgan fingerprint density at radius 1 is 0.880 bits per heavy atom. The lowest BCUT2D eigenvalue weighted by molar-refractivity contribution is 0.100. The Labute approximate surface area is 143 Å². The smallest absolute Gasteiger partial charge is 0.347 e. The van der Waals surface area contributed by atoms with E-state index in [4.69, 9.17) is 4.42 Å². The SMILES string of the molecule is O=C(CNc1ccccc1)c1cc2c(ccc3ccccc32)oc1=O. The molecule has 25 heavy (non-hydrogen) atoms. The lowest BCUT2D eigenvalue weighted by Crippen LogP contribution is -2.21. The third-order valence-electron chi connectivity index (χ3n) is 4.17. The normalized spacial score (nSPS) is 10.9. The number of ketones is 1. The minimum absolute atomic E-state index is 0.0328. The van der Waals surface area contributed by atoms with Gasteiger partial charge >= 0.3 is 5.63 Å². The standard InChI is InChI=1S/C21H15NO3/c23-19(13-22-15-7-2-1-3-8-15)18-12-17-16-9-5-4-6-14(16)10-11-20(17)25-21(18)24/h1-12,22H,13H2. The van der Waals surface area contributed by atoms with Gasteiger partial charge in [-0.25, -0.2) is 4.79 Å². The van der Waals surface area contributed by atoms with Crippen LogP contribution in [0.5, 0.6) is 0 Å². The summed E-state index contributed by atoms with van der Waals surface area (Å²) in [5, 5.41) is 5.77. The summed E-state index contributed by atoms with van der Waals surface area (Å²) in [5.41, 5.74) is 0.762. The maximum atomic E-state index is 12.5. The first-order valence-corrected chi connectivity index (χ1v) is 8.00. The molecule has 1 heterocycles. The minimum Gasteiger partial charge on any atom is -0.422 e. The van der Waals surface area contributed by atoms with Crippen LogP contribution in [-0.2, 0) is 0 Å². The summed E-state index contributed by atoms with van der Waals surface area (Å²) in [5.74, 6) is -0.299. The van der Waals surface area contributed by atoms with Crippen LogP contribution in [0.4, 0.5) is 5.69 Å². The number of anilines is 1. The van der Waals surface area contributed by atoms with Gasteiger partial charge in [-0.05, 0) is 35.0 Å². The number of fused-ring (bicyclic) bond motifs is 3. The monoisotopic (exact) mass is 329 g/mol. The van der Waals surface area contributed by atoms with Gasteiger partial charge < -0.3 is 9.73 Å². The molecule has 0 saturated heterocycles. The van der Waals surface area contributed by atoms with E-state index in [1.807, 2.05) is 60.7 Å². The maximum Gasteiger partial charge on any atom is 0.347 e. The van der Waals surface area contributed by atoms with Gasteiger partial charge in [-0.3, -0.25) is 4.79 Å². The topological polar surface area (TPSA) is 59.3 Å². The highest BCUT2D eigenvalue weighted by molar-refractivity contribution is 6.08. The number of Topliss-reactive ketones (excluding diaryl/α,β-unsaturated/α-hetero) is 1. The fourth-order valence-corrected chi connectivity index (χ4v) is 2.90. The number of hydrogen-bond donors (Lipinski definition) is 1. The third kappa shape index (κ3) is 2.90. The molecule has 0 aliphatic carbocycles. The maximum absolute atomic E-state index is 12.5. The van der Waals surface area contributed by atoms with Crippen molar-refractivity contribution < 1.29 is 9.21 Å². The summed E-state index contributed by atoms with van der Waals surface area (Å²) < 4.78 is 5.37. The molecule has 4 rings (SSSR count). The fourth-order valence-electron chi connectivity index (χ4n) is 2.90. The number of para-hydroxylation sites is 1. The van der Waals surface area contributed by atoms with Crippen molar-refractivity contribution in [3.05, 3.63) is 88.8 Å². The van der Waals surface area contributed by atoms with Crippen molar-refractivity contribution in [2.24, 2.45) is 0 Å². The van der Waals surface area contributed by atoms with Crippen molar-refractivity contribution in [2.45, 2.75) is 0 Å². The number of rotatable bonds is 4.